The summed E-state index contributed by atoms with van der Waals surface area (Å²) in [6, 6.07) is 3.85. The maximum Gasteiger partial charge on any atom is 0.0772 e. The third kappa shape index (κ3) is 3.70. The van der Waals surface area contributed by atoms with E-state index >= 15 is 0 Å². The first-order chi connectivity index (χ1) is 8.79. The summed E-state index contributed by atoms with van der Waals surface area (Å²) in [7, 11) is 0. The Balaban J connectivity index is 1.89. The van der Waals surface area contributed by atoms with Crippen molar-refractivity contribution in [3.8, 4) is 0 Å². The van der Waals surface area contributed by atoms with Gasteiger partial charge in [0, 0.05) is 12.7 Å². The maximum atomic E-state index is 5.96. The molecule has 18 heavy (non-hydrogen) atoms. The van der Waals surface area contributed by atoms with Gasteiger partial charge in [-0.15, -0.1) is 0 Å². The number of anilines is 1. The number of nitrogens with two attached hydrogens (primary N) is 1. The van der Waals surface area contributed by atoms with Crippen molar-refractivity contribution in [3.05, 3.63) is 24.0 Å². The zero-order valence-electron chi connectivity index (χ0n) is 11.4. The van der Waals surface area contributed by atoms with Crippen molar-refractivity contribution >= 4 is 5.69 Å². The van der Waals surface area contributed by atoms with Crippen LogP contribution >= 0.6 is 0 Å². The van der Waals surface area contributed by atoms with E-state index in [0.717, 1.165) is 23.8 Å². The molecule has 0 radical (unpaired) electrons. The first-order valence-corrected chi connectivity index (χ1v) is 7.21. The summed E-state index contributed by atoms with van der Waals surface area (Å²) in [5.41, 5.74) is 7.82. The Labute approximate surface area is 110 Å². The molecule has 2 rings (SSSR count). The van der Waals surface area contributed by atoms with E-state index in [4.69, 9.17) is 5.73 Å². The number of hydrogen-bond donors (Lipinski definition) is 1. The van der Waals surface area contributed by atoms with Gasteiger partial charge in [0.15, 0.2) is 0 Å². The number of hydrogen-bond acceptors (Lipinski definition) is 3. The van der Waals surface area contributed by atoms with Crippen molar-refractivity contribution in [1.82, 2.24) is 9.88 Å². The van der Waals surface area contributed by atoms with Gasteiger partial charge in [-0.05, 0) is 50.4 Å². The quantitative estimate of drug-likeness (QED) is 0.889. The second-order valence-electron chi connectivity index (χ2n) is 5.40. The molecule has 2 heterocycles. The molecule has 100 valence electrons. The number of rotatable bonds is 4. The van der Waals surface area contributed by atoms with Crippen molar-refractivity contribution in [3.63, 3.8) is 0 Å². The molecule has 1 aromatic rings. The molecule has 0 bridgehead atoms. The smallest absolute Gasteiger partial charge is 0.0772 e. The van der Waals surface area contributed by atoms with Gasteiger partial charge in [-0.2, -0.15) is 0 Å². The first kappa shape index (κ1) is 13.3. The van der Waals surface area contributed by atoms with Crippen LogP contribution in [0.2, 0.25) is 0 Å². The van der Waals surface area contributed by atoms with E-state index in [1.54, 1.807) is 0 Å². The van der Waals surface area contributed by atoms with Crippen LogP contribution in [-0.4, -0.2) is 23.0 Å². The van der Waals surface area contributed by atoms with Gasteiger partial charge >= 0.3 is 0 Å². The summed E-state index contributed by atoms with van der Waals surface area (Å²) >= 11 is 0. The molecule has 0 aromatic carbocycles. The molecule has 2 N–H and O–H groups in total. The van der Waals surface area contributed by atoms with E-state index in [2.05, 4.69) is 16.8 Å². The van der Waals surface area contributed by atoms with Crippen LogP contribution in [0.3, 0.4) is 0 Å². The third-order valence-electron chi connectivity index (χ3n) is 3.94. The van der Waals surface area contributed by atoms with Crippen molar-refractivity contribution in [2.24, 2.45) is 5.92 Å². The fourth-order valence-electron chi connectivity index (χ4n) is 2.87. The summed E-state index contributed by atoms with van der Waals surface area (Å²) in [4.78, 5) is 6.90. The van der Waals surface area contributed by atoms with Crippen molar-refractivity contribution in [1.29, 1.82) is 0 Å². The Morgan fingerprint density at radius 3 is 3.06 bits per heavy atom. The fourth-order valence-corrected chi connectivity index (χ4v) is 2.87. The normalized spacial score (nSPS) is 21.7. The van der Waals surface area contributed by atoms with E-state index in [-0.39, 0.29) is 0 Å². The summed E-state index contributed by atoms with van der Waals surface area (Å²) in [6.07, 6.45) is 8.58. The van der Waals surface area contributed by atoms with Crippen LogP contribution in [0.15, 0.2) is 18.3 Å². The molecule has 1 aromatic heterocycles. The van der Waals surface area contributed by atoms with E-state index in [1.807, 2.05) is 18.3 Å². The Morgan fingerprint density at radius 1 is 1.39 bits per heavy atom. The lowest BCUT2D eigenvalue weighted by atomic mass is 9.96. The molecule has 1 atom stereocenters. The molecule has 0 aliphatic carbocycles. The van der Waals surface area contributed by atoms with Gasteiger partial charge in [-0.3, -0.25) is 9.88 Å². The standard InChI is InChI=1S/C15H25N3/c1-2-5-13-6-4-10-18(11-8-13)12-15-14(16)7-3-9-17-15/h3,7,9,13H,2,4-6,8,10-12,16H2,1H3. The van der Waals surface area contributed by atoms with E-state index in [1.165, 1.54) is 45.2 Å². The zero-order chi connectivity index (χ0) is 12.8. The molecule has 1 fully saturated rings. The molecule has 1 aliphatic rings. The van der Waals surface area contributed by atoms with Gasteiger partial charge in [-0.1, -0.05) is 19.8 Å². The molecular formula is C15H25N3. The van der Waals surface area contributed by atoms with Crippen molar-refractivity contribution in [2.75, 3.05) is 18.8 Å². The second kappa shape index (κ2) is 6.74. The molecule has 3 heteroatoms. The van der Waals surface area contributed by atoms with E-state index in [9.17, 15) is 0 Å². The average molecular weight is 247 g/mol. The molecule has 0 amide bonds. The van der Waals surface area contributed by atoms with Crippen LogP contribution in [0.5, 0.6) is 0 Å². The molecule has 0 spiro atoms. The lowest BCUT2D eigenvalue weighted by Crippen LogP contribution is -2.25. The van der Waals surface area contributed by atoms with Crippen molar-refractivity contribution < 1.29 is 0 Å². The summed E-state index contributed by atoms with van der Waals surface area (Å²) in [5.74, 6) is 0.932. The van der Waals surface area contributed by atoms with Crippen LogP contribution < -0.4 is 5.73 Å². The largest absolute Gasteiger partial charge is 0.397 e. The molecule has 1 unspecified atom stereocenters. The van der Waals surface area contributed by atoms with Crippen LogP contribution in [-0.2, 0) is 6.54 Å². The Kier molecular flexibility index (Phi) is 5.00. The number of likely N-dealkylation sites (tertiary alicyclic amines) is 1. The highest BCUT2D eigenvalue weighted by atomic mass is 15.1. The Hall–Kier alpha value is -1.09. The highest BCUT2D eigenvalue weighted by Gasteiger charge is 2.17. The van der Waals surface area contributed by atoms with Gasteiger partial charge in [0.05, 0.1) is 11.4 Å². The fraction of sp³-hybridized carbons (Fsp3) is 0.667. The minimum Gasteiger partial charge on any atom is -0.397 e. The van der Waals surface area contributed by atoms with Gasteiger partial charge in [-0.25, -0.2) is 0 Å². The van der Waals surface area contributed by atoms with E-state index < -0.39 is 0 Å². The van der Waals surface area contributed by atoms with Crippen LogP contribution in [0.1, 0.15) is 44.7 Å². The minimum absolute atomic E-state index is 0.826. The Bertz CT molecular complexity index is 365. The first-order valence-electron chi connectivity index (χ1n) is 7.21. The second-order valence-corrected chi connectivity index (χ2v) is 5.40. The summed E-state index contributed by atoms with van der Waals surface area (Å²) in [5, 5.41) is 0. The molecule has 3 nitrogen and oxygen atoms in total. The van der Waals surface area contributed by atoms with Gasteiger partial charge in [0.1, 0.15) is 0 Å². The van der Waals surface area contributed by atoms with Crippen LogP contribution in [0.25, 0.3) is 0 Å². The van der Waals surface area contributed by atoms with Crippen LogP contribution in [0, 0.1) is 5.92 Å². The topological polar surface area (TPSA) is 42.2 Å². The molecular weight excluding hydrogens is 222 g/mol. The van der Waals surface area contributed by atoms with Gasteiger partial charge in [0.25, 0.3) is 0 Å². The van der Waals surface area contributed by atoms with E-state index in [0.29, 0.717) is 0 Å². The minimum atomic E-state index is 0.826. The predicted octanol–water partition coefficient (Wildman–Crippen LogP) is 3.07. The molecule has 1 saturated heterocycles. The third-order valence-corrected chi connectivity index (χ3v) is 3.94. The zero-order valence-corrected chi connectivity index (χ0v) is 11.4. The molecule has 0 saturated carbocycles. The number of pyridine rings is 1. The van der Waals surface area contributed by atoms with Gasteiger partial charge < -0.3 is 5.73 Å². The maximum absolute atomic E-state index is 5.96. The SMILES string of the molecule is CCCC1CCCN(Cc2ncccc2N)CC1. The average Bonchev–Trinajstić information content (AvgIpc) is 2.59. The lowest BCUT2D eigenvalue weighted by Gasteiger charge is -2.20. The highest BCUT2D eigenvalue weighted by molar-refractivity contribution is 5.41. The van der Waals surface area contributed by atoms with Crippen molar-refractivity contribution in [2.45, 2.75) is 45.6 Å². The van der Waals surface area contributed by atoms with Crippen LogP contribution in [0.4, 0.5) is 5.69 Å². The number of nitrogens with zero attached hydrogens (tertiary/aromatic N) is 2. The summed E-state index contributed by atoms with van der Waals surface area (Å²) in [6.45, 7) is 5.58. The molecule has 1 aliphatic heterocycles. The summed E-state index contributed by atoms with van der Waals surface area (Å²) < 4.78 is 0. The van der Waals surface area contributed by atoms with Gasteiger partial charge in [0.2, 0.25) is 0 Å². The number of nitrogen functional groups attached to an aromatic ring is 1. The number of aromatic nitrogens is 1. The highest BCUT2D eigenvalue weighted by Crippen LogP contribution is 2.23. The lowest BCUT2D eigenvalue weighted by molar-refractivity contribution is 0.268. The predicted molar refractivity (Wildman–Crippen MR) is 76.2 cm³/mol. The Morgan fingerprint density at radius 2 is 2.28 bits per heavy atom. The monoisotopic (exact) mass is 247 g/mol.